The molecule has 1 fully saturated rings. The van der Waals surface area contributed by atoms with Crippen LogP contribution in [0, 0.1) is 6.92 Å². The summed E-state index contributed by atoms with van der Waals surface area (Å²) >= 11 is 5.81. The Kier molecular flexibility index (Phi) is 4.31. The first-order valence-electron chi connectivity index (χ1n) is 6.20. The van der Waals surface area contributed by atoms with Crippen molar-refractivity contribution in [2.75, 3.05) is 26.2 Å². The number of sulfonamides is 1. The number of hydrogen-bond acceptors (Lipinski definition) is 4. The van der Waals surface area contributed by atoms with Gasteiger partial charge < -0.3 is 4.90 Å². The van der Waals surface area contributed by atoms with E-state index < -0.39 is 10.0 Å². The van der Waals surface area contributed by atoms with E-state index in [0.29, 0.717) is 36.9 Å². The van der Waals surface area contributed by atoms with Crippen molar-refractivity contribution in [2.24, 2.45) is 0 Å². The van der Waals surface area contributed by atoms with Gasteiger partial charge in [-0.1, -0.05) is 11.6 Å². The van der Waals surface area contributed by atoms with Crippen molar-refractivity contribution < 1.29 is 13.2 Å². The highest BCUT2D eigenvalue weighted by Gasteiger charge is 2.29. The molecule has 0 saturated carbocycles. The third kappa shape index (κ3) is 2.94. The number of carbonyl (C=O) groups is 1. The molecule has 2 heterocycles. The summed E-state index contributed by atoms with van der Waals surface area (Å²) in [7, 11) is -3.58. The lowest BCUT2D eigenvalue weighted by molar-refractivity contribution is -0.129. The van der Waals surface area contributed by atoms with Gasteiger partial charge in [0, 0.05) is 39.3 Å². The molecule has 1 aliphatic rings. The summed E-state index contributed by atoms with van der Waals surface area (Å²) in [4.78, 5) is 16.9. The maximum Gasteiger partial charge on any atom is 0.244 e. The van der Waals surface area contributed by atoms with E-state index in [1.807, 2.05) is 0 Å². The fourth-order valence-electron chi connectivity index (χ4n) is 2.07. The minimum absolute atomic E-state index is 0.0361. The van der Waals surface area contributed by atoms with Crippen LogP contribution in [0.25, 0.3) is 0 Å². The molecule has 8 heteroatoms. The third-order valence-electron chi connectivity index (χ3n) is 3.31. The monoisotopic (exact) mass is 317 g/mol. The lowest BCUT2D eigenvalue weighted by atomic mass is 10.3. The number of amides is 1. The second kappa shape index (κ2) is 5.67. The van der Waals surface area contributed by atoms with E-state index in [4.69, 9.17) is 11.6 Å². The second-order valence-electron chi connectivity index (χ2n) is 4.69. The van der Waals surface area contributed by atoms with Gasteiger partial charge in [0.2, 0.25) is 15.9 Å². The van der Waals surface area contributed by atoms with Gasteiger partial charge in [0.05, 0.1) is 0 Å². The number of piperazine rings is 1. The molecule has 0 N–H and O–H groups in total. The maximum atomic E-state index is 12.5. The number of pyridine rings is 1. The first-order chi connectivity index (χ1) is 9.32. The molecule has 0 aliphatic carbocycles. The van der Waals surface area contributed by atoms with Crippen molar-refractivity contribution in [1.29, 1.82) is 0 Å². The van der Waals surface area contributed by atoms with Gasteiger partial charge >= 0.3 is 0 Å². The van der Waals surface area contributed by atoms with E-state index in [-0.39, 0.29) is 10.8 Å². The van der Waals surface area contributed by atoms with Gasteiger partial charge in [-0.15, -0.1) is 0 Å². The van der Waals surface area contributed by atoms with E-state index in [1.165, 1.54) is 23.5 Å². The zero-order valence-electron chi connectivity index (χ0n) is 11.3. The summed E-state index contributed by atoms with van der Waals surface area (Å²) in [6.07, 6.45) is 1.27. The quantitative estimate of drug-likeness (QED) is 0.760. The molecular formula is C12H16ClN3O3S. The molecular weight excluding hydrogens is 302 g/mol. The molecule has 0 unspecified atom stereocenters. The molecule has 0 radical (unpaired) electrons. The highest BCUT2D eigenvalue weighted by atomic mass is 35.5. The van der Waals surface area contributed by atoms with Gasteiger partial charge in [0.1, 0.15) is 10.0 Å². The van der Waals surface area contributed by atoms with Crippen LogP contribution < -0.4 is 0 Å². The summed E-state index contributed by atoms with van der Waals surface area (Å²) in [6.45, 7) is 4.61. The van der Waals surface area contributed by atoms with E-state index >= 15 is 0 Å². The van der Waals surface area contributed by atoms with Gasteiger partial charge in [-0.25, -0.2) is 13.4 Å². The van der Waals surface area contributed by atoms with Crippen LogP contribution in [0.3, 0.4) is 0 Å². The Hall–Kier alpha value is -1.18. The van der Waals surface area contributed by atoms with Crippen molar-refractivity contribution >= 4 is 27.5 Å². The summed E-state index contributed by atoms with van der Waals surface area (Å²) in [5.74, 6) is -0.0361. The Labute approximate surface area is 123 Å². The van der Waals surface area contributed by atoms with Crippen molar-refractivity contribution in [3.05, 3.63) is 23.0 Å². The largest absolute Gasteiger partial charge is 0.340 e. The molecule has 0 aromatic carbocycles. The number of rotatable bonds is 2. The molecule has 0 spiro atoms. The Bertz CT molecular complexity index is 625. The Morgan fingerprint density at radius 3 is 2.40 bits per heavy atom. The van der Waals surface area contributed by atoms with Gasteiger partial charge in [-0.05, 0) is 18.6 Å². The number of aromatic nitrogens is 1. The van der Waals surface area contributed by atoms with Gasteiger partial charge in [0.25, 0.3) is 0 Å². The first-order valence-corrected chi connectivity index (χ1v) is 8.02. The van der Waals surface area contributed by atoms with Crippen LogP contribution in [0.2, 0.25) is 5.15 Å². The van der Waals surface area contributed by atoms with E-state index in [0.717, 1.165) is 0 Å². The third-order valence-corrected chi connectivity index (χ3v) is 5.57. The SMILES string of the molecule is CC(=O)N1CCN(S(=O)(=O)c2cnc(Cl)c(C)c2)CC1. The molecule has 1 amide bonds. The average molecular weight is 318 g/mol. The van der Waals surface area contributed by atoms with Crippen LogP contribution in [-0.2, 0) is 14.8 Å². The molecule has 20 heavy (non-hydrogen) atoms. The van der Waals surface area contributed by atoms with Gasteiger partial charge in [-0.2, -0.15) is 4.31 Å². The summed E-state index contributed by atoms with van der Waals surface area (Å²) < 4.78 is 26.3. The van der Waals surface area contributed by atoms with Gasteiger partial charge in [-0.3, -0.25) is 4.79 Å². The highest BCUT2D eigenvalue weighted by Crippen LogP contribution is 2.21. The van der Waals surface area contributed by atoms with Crippen LogP contribution in [0.4, 0.5) is 0 Å². The average Bonchev–Trinajstić information content (AvgIpc) is 2.41. The van der Waals surface area contributed by atoms with E-state index in [1.54, 1.807) is 11.8 Å². The lowest BCUT2D eigenvalue weighted by Crippen LogP contribution is -2.49. The fraction of sp³-hybridized carbons (Fsp3) is 0.500. The lowest BCUT2D eigenvalue weighted by Gasteiger charge is -2.33. The number of carbonyl (C=O) groups excluding carboxylic acids is 1. The van der Waals surface area contributed by atoms with Crippen molar-refractivity contribution in [1.82, 2.24) is 14.2 Å². The summed E-state index contributed by atoms with van der Waals surface area (Å²) in [5, 5.41) is 0.297. The van der Waals surface area contributed by atoms with Crippen LogP contribution >= 0.6 is 11.6 Å². The molecule has 1 aromatic rings. The topological polar surface area (TPSA) is 70.6 Å². The maximum absolute atomic E-state index is 12.5. The predicted octanol–water partition coefficient (Wildman–Crippen LogP) is 0.896. The summed E-state index contributed by atoms with van der Waals surface area (Å²) in [5.41, 5.74) is 0.620. The highest BCUT2D eigenvalue weighted by molar-refractivity contribution is 7.89. The molecule has 110 valence electrons. The van der Waals surface area contributed by atoms with E-state index in [9.17, 15) is 13.2 Å². The number of halogens is 1. The van der Waals surface area contributed by atoms with Crippen molar-refractivity contribution in [3.8, 4) is 0 Å². The number of nitrogens with zero attached hydrogens (tertiary/aromatic N) is 3. The predicted molar refractivity (Wildman–Crippen MR) is 75.0 cm³/mol. The van der Waals surface area contributed by atoms with Gasteiger partial charge in [0.15, 0.2) is 0 Å². The molecule has 1 aliphatic heterocycles. The fourth-order valence-corrected chi connectivity index (χ4v) is 3.62. The van der Waals surface area contributed by atoms with Crippen molar-refractivity contribution in [3.63, 3.8) is 0 Å². The van der Waals surface area contributed by atoms with Crippen molar-refractivity contribution in [2.45, 2.75) is 18.7 Å². The molecule has 1 saturated heterocycles. The zero-order valence-corrected chi connectivity index (χ0v) is 12.9. The molecule has 1 aromatic heterocycles. The Morgan fingerprint density at radius 1 is 1.30 bits per heavy atom. The standard InChI is InChI=1S/C12H16ClN3O3S/c1-9-7-11(8-14-12(9)13)20(18,19)16-5-3-15(4-6-16)10(2)17/h7-8H,3-6H2,1-2H3. The zero-order chi connectivity index (χ0) is 14.9. The molecule has 6 nitrogen and oxygen atoms in total. The minimum Gasteiger partial charge on any atom is -0.340 e. The molecule has 0 bridgehead atoms. The first kappa shape index (κ1) is 15.2. The van der Waals surface area contributed by atoms with Crippen LogP contribution in [-0.4, -0.2) is 54.7 Å². The number of aryl methyl sites for hydroxylation is 1. The van der Waals surface area contributed by atoms with Crippen LogP contribution in [0.5, 0.6) is 0 Å². The molecule has 2 rings (SSSR count). The Morgan fingerprint density at radius 2 is 1.90 bits per heavy atom. The summed E-state index contributed by atoms with van der Waals surface area (Å²) in [6, 6.07) is 1.52. The van der Waals surface area contributed by atoms with E-state index in [2.05, 4.69) is 4.98 Å². The van der Waals surface area contributed by atoms with Crippen LogP contribution in [0.1, 0.15) is 12.5 Å². The molecule has 0 atom stereocenters. The normalized spacial score (nSPS) is 17.2. The van der Waals surface area contributed by atoms with Crippen LogP contribution in [0.15, 0.2) is 17.2 Å². The smallest absolute Gasteiger partial charge is 0.244 e. The number of hydrogen-bond donors (Lipinski definition) is 0. The minimum atomic E-state index is -3.58. The second-order valence-corrected chi connectivity index (χ2v) is 6.98. The Balaban J connectivity index is 2.19.